The van der Waals surface area contributed by atoms with Gasteiger partial charge in [0.25, 0.3) is 23.2 Å². The van der Waals surface area contributed by atoms with E-state index in [4.69, 9.17) is 11.6 Å². The molecule has 3 aromatic rings. The van der Waals surface area contributed by atoms with Crippen LogP contribution >= 0.6 is 11.6 Å². The molecule has 0 spiro atoms. The van der Waals surface area contributed by atoms with E-state index in [0.717, 1.165) is 12.1 Å². The molecule has 162 valence electrons. The highest BCUT2D eigenvalue weighted by molar-refractivity contribution is 6.31. The minimum Gasteiger partial charge on any atom is -0.328 e. The van der Waals surface area contributed by atoms with Crippen LogP contribution < -0.4 is 10.6 Å². The fourth-order valence-electron chi connectivity index (χ4n) is 2.85. The van der Waals surface area contributed by atoms with Crippen molar-refractivity contribution < 1.29 is 19.4 Å². The van der Waals surface area contributed by atoms with E-state index in [-0.39, 0.29) is 27.5 Å². The van der Waals surface area contributed by atoms with Crippen molar-refractivity contribution in [3.63, 3.8) is 0 Å². The van der Waals surface area contributed by atoms with Crippen molar-refractivity contribution in [1.82, 2.24) is 10.6 Å². The van der Waals surface area contributed by atoms with E-state index < -0.39 is 27.8 Å². The largest absolute Gasteiger partial charge is 0.328 e. The van der Waals surface area contributed by atoms with Crippen molar-refractivity contribution in [2.75, 3.05) is 0 Å². The third kappa shape index (κ3) is 5.24. The Hall–Kier alpha value is -4.31. The zero-order valence-corrected chi connectivity index (χ0v) is 17.0. The van der Waals surface area contributed by atoms with Crippen LogP contribution in [0.25, 0.3) is 0 Å². The van der Waals surface area contributed by atoms with Crippen LogP contribution in [0.3, 0.4) is 0 Å². The lowest BCUT2D eigenvalue weighted by Gasteiger charge is -2.22. The molecule has 3 rings (SSSR count). The number of carbonyl (C=O) groups is 2. The van der Waals surface area contributed by atoms with E-state index in [2.05, 4.69) is 10.6 Å². The zero-order chi connectivity index (χ0) is 23.3. The summed E-state index contributed by atoms with van der Waals surface area (Å²) in [4.78, 5) is 46.2. The Morgan fingerprint density at radius 2 is 1.22 bits per heavy atom. The standard InChI is InChI=1S/C21H15ClN4O6/c22-18-10-2-1-9-17(18)19(23-20(27)13-5-3-7-15(11-13)25(29)30)24-21(28)14-6-4-8-16(12-14)26(31)32/h1-12,19H,(H,23,27)(H,24,28). The van der Waals surface area contributed by atoms with Crippen LogP contribution in [0.2, 0.25) is 5.02 Å². The zero-order valence-electron chi connectivity index (χ0n) is 16.2. The molecule has 32 heavy (non-hydrogen) atoms. The summed E-state index contributed by atoms with van der Waals surface area (Å²) < 4.78 is 0. The predicted molar refractivity (Wildman–Crippen MR) is 115 cm³/mol. The number of carbonyl (C=O) groups excluding carboxylic acids is 2. The molecule has 0 aliphatic heterocycles. The van der Waals surface area contributed by atoms with Gasteiger partial charge in [-0.25, -0.2) is 0 Å². The molecule has 0 unspecified atom stereocenters. The topological polar surface area (TPSA) is 144 Å². The number of nitrogens with one attached hydrogen (secondary N) is 2. The van der Waals surface area contributed by atoms with Gasteiger partial charge in [-0.15, -0.1) is 0 Å². The summed E-state index contributed by atoms with van der Waals surface area (Å²) in [7, 11) is 0. The average molecular weight is 455 g/mol. The molecule has 0 radical (unpaired) electrons. The summed E-state index contributed by atoms with van der Waals surface area (Å²) in [5, 5.41) is 27.4. The van der Waals surface area contributed by atoms with Crippen LogP contribution in [-0.2, 0) is 0 Å². The molecule has 0 bridgehead atoms. The maximum atomic E-state index is 12.8. The highest BCUT2D eigenvalue weighted by Crippen LogP contribution is 2.23. The van der Waals surface area contributed by atoms with E-state index in [1.54, 1.807) is 24.3 Å². The number of non-ortho nitro benzene ring substituents is 2. The van der Waals surface area contributed by atoms with Crippen molar-refractivity contribution in [2.24, 2.45) is 0 Å². The van der Waals surface area contributed by atoms with Gasteiger partial charge in [0.1, 0.15) is 6.17 Å². The Morgan fingerprint density at radius 1 is 0.750 bits per heavy atom. The molecule has 10 nitrogen and oxygen atoms in total. The summed E-state index contributed by atoms with van der Waals surface area (Å²) in [5.41, 5.74) is -0.187. The molecular formula is C21H15ClN4O6. The van der Waals surface area contributed by atoms with Gasteiger partial charge in [0.15, 0.2) is 0 Å². The van der Waals surface area contributed by atoms with Crippen LogP contribution in [0.4, 0.5) is 11.4 Å². The van der Waals surface area contributed by atoms with Gasteiger partial charge < -0.3 is 10.6 Å². The predicted octanol–water partition coefficient (Wildman–Crippen LogP) is 4.02. The first-order valence-electron chi connectivity index (χ1n) is 9.11. The fourth-order valence-corrected chi connectivity index (χ4v) is 3.10. The lowest BCUT2D eigenvalue weighted by atomic mass is 10.1. The minimum absolute atomic E-state index is 0.000788. The van der Waals surface area contributed by atoms with Gasteiger partial charge in [0, 0.05) is 46.0 Å². The number of nitro groups is 2. The molecule has 0 atom stereocenters. The third-order valence-electron chi connectivity index (χ3n) is 4.41. The Balaban J connectivity index is 1.90. The molecule has 0 saturated heterocycles. The van der Waals surface area contributed by atoms with Crippen molar-refractivity contribution in [1.29, 1.82) is 0 Å². The molecule has 2 N–H and O–H groups in total. The Bertz CT molecular complexity index is 1140. The van der Waals surface area contributed by atoms with Gasteiger partial charge in [-0.2, -0.15) is 0 Å². The average Bonchev–Trinajstić information content (AvgIpc) is 2.79. The van der Waals surface area contributed by atoms with Crippen molar-refractivity contribution in [3.8, 4) is 0 Å². The molecule has 2 amide bonds. The normalized spacial score (nSPS) is 10.4. The molecule has 0 heterocycles. The van der Waals surface area contributed by atoms with Gasteiger partial charge >= 0.3 is 0 Å². The monoisotopic (exact) mass is 454 g/mol. The Labute approximate surface area is 186 Å². The maximum Gasteiger partial charge on any atom is 0.270 e. The smallest absolute Gasteiger partial charge is 0.270 e. The minimum atomic E-state index is -1.12. The van der Waals surface area contributed by atoms with Gasteiger partial charge in [0.05, 0.1) is 9.85 Å². The van der Waals surface area contributed by atoms with Crippen molar-refractivity contribution >= 4 is 34.8 Å². The lowest BCUT2D eigenvalue weighted by Crippen LogP contribution is -2.41. The lowest BCUT2D eigenvalue weighted by molar-refractivity contribution is -0.385. The maximum absolute atomic E-state index is 12.8. The van der Waals surface area contributed by atoms with Gasteiger partial charge in [-0.3, -0.25) is 29.8 Å². The summed E-state index contributed by atoms with van der Waals surface area (Å²) in [5.74, 6) is -1.39. The molecule has 0 aliphatic carbocycles. The molecule has 3 aromatic carbocycles. The highest BCUT2D eigenvalue weighted by atomic mass is 35.5. The Kier molecular flexibility index (Phi) is 6.76. The number of amides is 2. The SMILES string of the molecule is O=C(NC(NC(=O)c1cccc([N+](=O)[O-])c1)c1ccccc1Cl)c1cccc([N+](=O)[O-])c1. The number of nitrogens with zero attached hydrogens (tertiary/aromatic N) is 2. The summed E-state index contributed by atoms with van der Waals surface area (Å²) in [6.45, 7) is 0. The molecule has 11 heteroatoms. The number of halogens is 1. The van der Waals surface area contributed by atoms with E-state index in [1.165, 1.54) is 36.4 Å². The summed E-state index contributed by atoms with van der Waals surface area (Å²) in [6.07, 6.45) is -1.12. The molecule has 0 aliphatic rings. The number of hydrogen-bond acceptors (Lipinski definition) is 6. The van der Waals surface area contributed by atoms with Crippen LogP contribution in [-0.4, -0.2) is 21.7 Å². The van der Waals surface area contributed by atoms with E-state index in [9.17, 15) is 29.8 Å². The molecule has 0 fully saturated rings. The second-order valence-corrected chi connectivity index (χ2v) is 6.92. The van der Waals surface area contributed by atoms with Crippen LogP contribution in [0, 0.1) is 20.2 Å². The van der Waals surface area contributed by atoms with E-state index in [1.807, 2.05) is 0 Å². The van der Waals surface area contributed by atoms with E-state index >= 15 is 0 Å². The van der Waals surface area contributed by atoms with Gasteiger partial charge in [-0.1, -0.05) is 41.9 Å². The number of benzene rings is 3. The third-order valence-corrected chi connectivity index (χ3v) is 4.75. The molecule has 0 aromatic heterocycles. The first-order chi connectivity index (χ1) is 15.3. The van der Waals surface area contributed by atoms with Crippen molar-refractivity contribution in [3.05, 3.63) is 115 Å². The Morgan fingerprint density at radius 3 is 1.66 bits per heavy atom. The van der Waals surface area contributed by atoms with Crippen LogP contribution in [0.15, 0.2) is 72.8 Å². The second kappa shape index (κ2) is 9.67. The summed E-state index contributed by atoms with van der Waals surface area (Å²) in [6, 6.07) is 16.6. The van der Waals surface area contributed by atoms with Gasteiger partial charge in [-0.05, 0) is 18.2 Å². The van der Waals surface area contributed by atoms with E-state index in [0.29, 0.717) is 5.56 Å². The first-order valence-corrected chi connectivity index (χ1v) is 9.49. The summed E-state index contributed by atoms with van der Waals surface area (Å²) >= 11 is 6.23. The number of hydrogen-bond donors (Lipinski definition) is 2. The van der Waals surface area contributed by atoms with Crippen molar-refractivity contribution in [2.45, 2.75) is 6.17 Å². The fraction of sp³-hybridized carbons (Fsp3) is 0.0476. The molecule has 0 saturated carbocycles. The number of nitro benzene ring substituents is 2. The van der Waals surface area contributed by atoms with Crippen LogP contribution in [0.1, 0.15) is 32.4 Å². The van der Waals surface area contributed by atoms with Crippen LogP contribution in [0.5, 0.6) is 0 Å². The van der Waals surface area contributed by atoms with Gasteiger partial charge in [0.2, 0.25) is 0 Å². The first kappa shape index (κ1) is 22.4. The number of rotatable bonds is 7. The molecular weight excluding hydrogens is 440 g/mol. The second-order valence-electron chi connectivity index (χ2n) is 6.52. The quantitative estimate of drug-likeness (QED) is 0.313. The highest BCUT2D eigenvalue weighted by Gasteiger charge is 2.22.